The molecule has 1 aromatic rings. The van der Waals surface area contributed by atoms with E-state index in [-0.39, 0.29) is 0 Å². The number of aromatic nitrogens is 1. The van der Waals surface area contributed by atoms with E-state index in [0.717, 1.165) is 5.46 Å². The van der Waals surface area contributed by atoms with E-state index in [1.807, 2.05) is 33.8 Å². The van der Waals surface area contributed by atoms with E-state index < -0.39 is 18.3 Å². The Morgan fingerprint density at radius 3 is 2.32 bits per heavy atom. The van der Waals surface area contributed by atoms with E-state index in [1.54, 1.807) is 13.3 Å². The Hall–Kier alpha value is -1.51. The number of rotatable bonds is 2. The van der Waals surface area contributed by atoms with Crippen molar-refractivity contribution in [3.05, 3.63) is 18.0 Å². The van der Waals surface area contributed by atoms with Crippen LogP contribution in [0.1, 0.15) is 33.4 Å². The monoisotopic (exact) mass is 259 g/mol. The van der Waals surface area contributed by atoms with E-state index in [0.29, 0.717) is 11.4 Å². The van der Waals surface area contributed by atoms with E-state index in [4.69, 9.17) is 20.5 Å². The number of ether oxygens (including phenoxy) is 1. The van der Waals surface area contributed by atoms with Gasteiger partial charge in [-0.15, -0.1) is 6.42 Å². The molecule has 0 aromatic carbocycles. The van der Waals surface area contributed by atoms with E-state index in [1.165, 1.54) is 0 Å². The molecule has 5 heteroatoms. The Labute approximate surface area is 114 Å². The molecule has 2 rings (SSSR count). The van der Waals surface area contributed by atoms with Crippen molar-refractivity contribution in [2.45, 2.75) is 38.9 Å². The summed E-state index contributed by atoms with van der Waals surface area (Å²) in [5.41, 5.74) is 0.416. The maximum atomic E-state index is 5.98. The lowest BCUT2D eigenvalue weighted by molar-refractivity contribution is 0.00578. The number of methoxy groups -OCH3 is 1. The molecule has 19 heavy (non-hydrogen) atoms. The molecule has 0 amide bonds. The summed E-state index contributed by atoms with van der Waals surface area (Å²) < 4.78 is 17.1. The van der Waals surface area contributed by atoms with Gasteiger partial charge in [0.05, 0.1) is 24.5 Å². The molecule has 1 fully saturated rings. The Balaban J connectivity index is 2.41. The molecule has 1 aromatic heterocycles. The minimum Gasteiger partial charge on any atom is -0.495 e. The fourth-order valence-corrected chi connectivity index (χ4v) is 1.84. The Morgan fingerprint density at radius 2 is 1.84 bits per heavy atom. The van der Waals surface area contributed by atoms with Crippen LogP contribution in [0.25, 0.3) is 0 Å². The molecule has 0 saturated carbocycles. The molecule has 0 N–H and O–H groups in total. The van der Waals surface area contributed by atoms with E-state index in [9.17, 15) is 0 Å². The highest BCUT2D eigenvalue weighted by molar-refractivity contribution is 6.62. The van der Waals surface area contributed by atoms with Crippen molar-refractivity contribution in [2.75, 3.05) is 7.11 Å². The van der Waals surface area contributed by atoms with Crippen LogP contribution in [0.5, 0.6) is 5.75 Å². The van der Waals surface area contributed by atoms with Crippen LogP contribution in [-0.2, 0) is 9.31 Å². The van der Waals surface area contributed by atoms with Crippen molar-refractivity contribution in [1.29, 1.82) is 0 Å². The predicted octanol–water partition coefficient (Wildman–Crippen LogP) is 1.37. The number of terminal acetylenes is 1. The largest absolute Gasteiger partial charge is 0.497 e. The second-order valence-electron chi connectivity index (χ2n) is 5.55. The first-order valence-corrected chi connectivity index (χ1v) is 6.17. The molecule has 2 heterocycles. The Morgan fingerprint density at radius 1 is 1.26 bits per heavy atom. The second-order valence-corrected chi connectivity index (χ2v) is 5.55. The van der Waals surface area contributed by atoms with Crippen molar-refractivity contribution in [2.24, 2.45) is 0 Å². The number of hydrogen-bond acceptors (Lipinski definition) is 4. The van der Waals surface area contributed by atoms with E-state index >= 15 is 0 Å². The maximum Gasteiger partial charge on any atom is 0.497 e. The van der Waals surface area contributed by atoms with Gasteiger partial charge in [-0.3, -0.25) is 0 Å². The summed E-state index contributed by atoms with van der Waals surface area (Å²) in [7, 11) is 1.05. The van der Waals surface area contributed by atoms with Crippen molar-refractivity contribution in [3.8, 4) is 18.1 Å². The normalized spacial score (nSPS) is 20.1. The van der Waals surface area contributed by atoms with Gasteiger partial charge in [0.2, 0.25) is 0 Å². The fourth-order valence-electron chi connectivity index (χ4n) is 1.84. The molecule has 1 aliphatic rings. The lowest BCUT2D eigenvalue weighted by Crippen LogP contribution is -2.41. The molecule has 0 spiro atoms. The minimum absolute atomic E-state index is 0.410. The SMILES string of the molecule is C#Cc1ncc(OC)cc1B1OC(C)(C)C(C)(C)O1. The van der Waals surface area contributed by atoms with Crippen LogP contribution in [0.2, 0.25) is 0 Å². The molecule has 0 unspecified atom stereocenters. The van der Waals surface area contributed by atoms with E-state index in [2.05, 4.69) is 10.9 Å². The highest BCUT2D eigenvalue weighted by atomic mass is 16.7. The molecule has 1 saturated heterocycles. The van der Waals surface area contributed by atoms with Crippen molar-refractivity contribution >= 4 is 12.6 Å². The molecule has 0 radical (unpaired) electrons. The summed E-state index contributed by atoms with van der Waals surface area (Å²) >= 11 is 0. The molecule has 100 valence electrons. The first kappa shape index (κ1) is 13.9. The van der Waals surface area contributed by atoms with Crippen molar-refractivity contribution < 1.29 is 14.0 Å². The average molecular weight is 259 g/mol. The number of hydrogen-bond donors (Lipinski definition) is 0. The van der Waals surface area contributed by atoms with Gasteiger partial charge < -0.3 is 14.0 Å². The van der Waals surface area contributed by atoms with Gasteiger partial charge >= 0.3 is 7.12 Å². The summed E-state index contributed by atoms with van der Waals surface area (Å²) in [5.74, 6) is 3.18. The molecule has 4 nitrogen and oxygen atoms in total. The third-order valence-electron chi connectivity index (χ3n) is 3.77. The molecular weight excluding hydrogens is 241 g/mol. The van der Waals surface area contributed by atoms with Crippen LogP contribution in [0.3, 0.4) is 0 Å². The second kappa shape index (κ2) is 4.55. The third-order valence-corrected chi connectivity index (χ3v) is 3.77. The zero-order chi connectivity index (χ0) is 14.3. The predicted molar refractivity (Wildman–Crippen MR) is 74.4 cm³/mol. The van der Waals surface area contributed by atoms with Gasteiger partial charge in [0.25, 0.3) is 0 Å². The molecule has 0 atom stereocenters. The molecule has 1 aliphatic heterocycles. The summed E-state index contributed by atoms with van der Waals surface area (Å²) in [4.78, 5) is 4.19. The van der Waals surface area contributed by atoms with Gasteiger partial charge in [0, 0.05) is 5.46 Å². The zero-order valence-corrected chi connectivity index (χ0v) is 12.0. The Bertz CT molecular complexity index is 518. The van der Waals surface area contributed by atoms with Crippen molar-refractivity contribution in [1.82, 2.24) is 4.98 Å². The van der Waals surface area contributed by atoms with Crippen LogP contribution < -0.4 is 10.2 Å². The minimum atomic E-state index is -0.529. The average Bonchev–Trinajstić information content (AvgIpc) is 2.57. The molecule has 0 aliphatic carbocycles. The quantitative estimate of drug-likeness (QED) is 0.594. The first-order valence-electron chi connectivity index (χ1n) is 6.17. The standard InChI is InChI=1S/C14H18BNO3/c1-7-12-11(8-10(17-6)9-16-12)15-18-13(2,3)14(4,5)19-15/h1,8-9H,2-6H3. The van der Waals surface area contributed by atoms with Gasteiger partial charge in [-0.1, -0.05) is 5.92 Å². The van der Waals surface area contributed by atoms with Gasteiger partial charge in [-0.25, -0.2) is 4.98 Å². The summed E-state index contributed by atoms with van der Waals surface area (Å²) in [5, 5.41) is 0. The highest BCUT2D eigenvalue weighted by Crippen LogP contribution is 2.36. The lowest BCUT2D eigenvalue weighted by Gasteiger charge is -2.32. The van der Waals surface area contributed by atoms with Gasteiger partial charge in [0.1, 0.15) is 11.4 Å². The van der Waals surface area contributed by atoms with Crippen LogP contribution in [0.15, 0.2) is 12.3 Å². The zero-order valence-electron chi connectivity index (χ0n) is 12.0. The van der Waals surface area contributed by atoms with Crippen LogP contribution in [-0.4, -0.2) is 30.4 Å². The topological polar surface area (TPSA) is 40.6 Å². The Kier molecular flexibility index (Phi) is 3.33. The fraction of sp³-hybridized carbons (Fsp3) is 0.500. The van der Waals surface area contributed by atoms with Gasteiger partial charge in [-0.05, 0) is 33.8 Å². The molecular formula is C14H18BNO3. The molecule has 0 bridgehead atoms. The summed E-state index contributed by atoms with van der Waals surface area (Å²) in [6.45, 7) is 7.98. The maximum absolute atomic E-state index is 5.98. The number of nitrogens with zero attached hydrogens (tertiary/aromatic N) is 1. The lowest BCUT2D eigenvalue weighted by atomic mass is 9.78. The van der Waals surface area contributed by atoms with Gasteiger partial charge in [0.15, 0.2) is 0 Å². The summed E-state index contributed by atoms with van der Waals surface area (Å²) in [6, 6.07) is 1.81. The number of pyridine rings is 1. The smallest absolute Gasteiger partial charge is 0.495 e. The third kappa shape index (κ3) is 2.34. The highest BCUT2D eigenvalue weighted by Gasteiger charge is 2.52. The van der Waals surface area contributed by atoms with Crippen molar-refractivity contribution in [3.63, 3.8) is 0 Å². The van der Waals surface area contributed by atoms with Crippen LogP contribution in [0.4, 0.5) is 0 Å². The summed E-state index contributed by atoms with van der Waals surface area (Å²) in [6.07, 6.45) is 7.07. The van der Waals surface area contributed by atoms with Crippen LogP contribution >= 0.6 is 0 Å². The van der Waals surface area contributed by atoms with Crippen LogP contribution in [0, 0.1) is 12.3 Å². The van der Waals surface area contributed by atoms with Gasteiger partial charge in [-0.2, -0.15) is 0 Å². The first-order chi connectivity index (χ1) is 8.80.